The summed E-state index contributed by atoms with van der Waals surface area (Å²) in [6, 6.07) is 18.4. The molecule has 1 aliphatic heterocycles. The molecule has 2 aromatic heterocycles. The molecular formula is C36H38ClN3O4. The second-order valence-corrected chi connectivity index (χ2v) is 12.5. The fourth-order valence-corrected chi connectivity index (χ4v) is 7.34. The molecule has 3 aromatic carbocycles. The lowest BCUT2D eigenvalue weighted by Gasteiger charge is -2.37. The zero-order valence-corrected chi connectivity index (χ0v) is 26.3. The predicted octanol–water partition coefficient (Wildman–Crippen LogP) is 7.90. The van der Waals surface area contributed by atoms with Gasteiger partial charge in [-0.1, -0.05) is 54.1 Å². The van der Waals surface area contributed by atoms with Crippen LogP contribution in [0, 0.1) is 18.8 Å². The van der Waals surface area contributed by atoms with Crippen LogP contribution >= 0.6 is 11.6 Å². The summed E-state index contributed by atoms with van der Waals surface area (Å²) < 4.78 is 22.4. The van der Waals surface area contributed by atoms with Crippen molar-refractivity contribution in [1.29, 1.82) is 0 Å². The Balaban J connectivity index is 1.34. The molecule has 1 saturated carbocycles. The summed E-state index contributed by atoms with van der Waals surface area (Å²) in [7, 11) is 1.95. The Morgan fingerprint density at radius 1 is 1.05 bits per heavy atom. The van der Waals surface area contributed by atoms with E-state index in [0.717, 1.165) is 74.8 Å². The number of nitrogens with zero attached hydrogens (tertiary/aromatic N) is 3. The lowest BCUT2D eigenvalue weighted by atomic mass is 9.74. The Morgan fingerprint density at radius 2 is 1.86 bits per heavy atom. The Hall–Kier alpha value is -3.81. The summed E-state index contributed by atoms with van der Waals surface area (Å²) in [6.45, 7) is 6.58. The smallest absolute Gasteiger partial charge is 0.355 e. The molecule has 2 aliphatic rings. The highest BCUT2D eigenvalue weighted by atomic mass is 35.5. The molecule has 1 aliphatic carbocycles. The van der Waals surface area contributed by atoms with Gasteiger partial charge < -0.3 is 18.8 Å². The highest BCUT2D eigenvalue weighted by Gasteiger charge is 2.36. The summed E-state index contributed by atoms with van der Waals surface area (Å²) in [5, 5.41) is 8.76. The SMILES string of the molecule is CCOC(=O)c1c(CCCOc2cccc3ccccc23)c2ccc(Cl)c3c2n1CC1CCC1COCc1nn(C)c(C)c1-3. The van der Waals surface area contributed by atoms with Crippen molar-refractivity contribution in [2.24, 2.45) is 18.9 Å². The Morgan fingerprint density at radius 3 is 2.68 bits per heavy atom. The van der Waals surface area contributed by atoms with Gasteiger partial charge in [0.25, 0.3) is 0 Å². The molecule has 2 atom stereocenters. The normalized spacial score (nSPS) is 17.9. The third-order valence-electron chi connectivity index (χ3n) is 9.54. The average Bonchev–Trinajstić information content (AvgIpc) is 3.47. The van der Waals surface area contributed by atoms with Crippen molar-refractivity contribution in [3.05, 3.63) is 82.3 Å². The molecule has 0 spiro atoms. The minimum atomic E-state index is -0.291. The maximum Gasteiger partial charge on any atom is 0.355 e. The highest BCUT2D eigenvalue weighted by molar-refractivity contribution is 6.35. The zero-order valence-electron chi connectivity index (χ0n) is 25.6. The minimum Gasteiger partial charge on any atom is -0.493 e. The summed E-state index contributed by atoms with van der Waals surface area (Å²) in [5.74, 6) is 1.43. The standard InChI is InChI=1S/C36H38ClN3O4/c1-4-43-36(41)35-27(12-8-18-44-31-13-7-10-23-9-5-6-11-26(23)31)28-16-17-29(37)33-32-22(2)39(3)38-30(32)21-42-20-25-15-14-24(25)19-40(35)34(28)33/h5-7,9-11,13,16-17,24-25H,4,8,12,14-15,18-21H2,1-3H3. The molecule has 0 saturated heterocycles. The third kappa shape index (κ3) is 4.96. The molecule has 0 radical (unpaired) electrons. The van der Waals surface area contributed by atoms with Crippen LogP contribution in [0.25, 0.3) is 32.8 Å². The van der Waals surface area contributed by atoms with E-state index < -0.39 is 0 Å². The summed E-state index contributed by atoms with van der Waals surface area (Å²) in [4.78, 5) is 13.8. The van der Waals surface area contributed by atoms with Crippen molar-refractivity contribution in [3.63, 3.8) is 0 Å². The zero-order chi connectivity index (χ0) is 30.4. The highest BCUT2D eigenvalue weighted by Crippen LogP contribution is 2.45. The first-order valence-corrected chi connectivity index (χ1v) is 16.1. The fraction of sp³-hybridized carbons (Fsp3) is 0.389. The molecule has 0 N–H and O–H groups in total. The number of hydrogen-bond acceptors (Lipinski definition) is 5. The predicted molar refractivity (Wildman–Crippen MR) is 173 cm³/mol. The van der Waals surface area contributed by atoms with Crippen molar-refractivity contribution < 1.29 is 19.0 Å². The van der Waals surface area contributed by atoms with E-state index >= 15 is 0 Å². The first-order chi connectivity index (χ1) is 21.5. The van der Waals surface area contributed by atoms with E-state index in [1.165, 1.54) is 0 Å². The molecule has 44 heavy (non-hydrogen) atoms. The maximum atomic E-state index is 13.8. The Labute approximate surface area is 262 Å². The van der Waals surface area contributed by atoms with Crippen LogP contribution in [-0.4, -0.2) is 40.1 Å². The van der Waals surface area contributed by atoms with Crippen molar-refractivity contribution in [2.45, 2.75) is 52.7 Å². The van der Waals surface area contributed by atoms with Gasteiger partial charge in [-0.3, -0.25) is 4.68 Å². The average molecular weight is 612 g/mol. The molecule has 228 valence electrons. The van der Waals surface area contributed by atoms with E-state index in [9.17, 15) is 4.79 Å². The number of fused-ring (bicyclic) bond motifs is 4. The fourth-order valence-electron chi connectivity index (χ4n) is 7.09. The van der Waals surface area contributed by atoms with Gasteiger partial charge in [-0.2, -0.15) is 5.10 Å². The molecule has 8 heteroatoms. The molecular weight excluding hydrogens is 574 g/mol. The van der Waals surface area contributed by atoms with Gasteiger partial charge in [-0.25, -0.2) is 4.79 Å². The first kappa shape index (κ1) is 28.9. The topological polar surface area (TPSA) is 67.5 Å². The van der Waals surface area contributed by atoms with Crippen molar-refractivity contribution >= 4 is 39.2 Å². The van der Waals surface area contributed by atoms with Crippen LogP contribution in [0.4, 0.5) is 0 Å². The van der Waals surface area contributed by atoms with Gasteiger partial charge in [0.15, 0.2) is 0 Å². The molecule has 2 unspecified atom stereocenters. The lowest BCUT2D eigenvalue weighted by molar-refractivity contribution is 0.0162. The number of carbonyl (C=O) groups is 1. The minimum absolute atomic E-state index is 0.291. The molecule has 3 heterocycles. The van der Waals surface area contributed by atoms with Crippen LogP contribution in [0.3, 0.4) is 0 Å². The molecule has 5 aromatic rings. The quantitative estimate of drug-likeness (QED) is 0.138. The largest absolute Gasteiger partial charge is 0.493 e. The van der Waals surface area contributed by atoms with E-state index in [0.29, 0.717) is 61.9 Å². The van der Waals surface area contributed by atoms with Crippen LogP contribution in [0.2, 0.25) is 5.02 Å². The lowest BCUT2D eigenvalue weighted by Crippen LogP contribution is -2.34. The molecule has 0 amide bonds. The number of benzene rings is 3. The van der Waals surface area contributed by atoms with Crippen molar-refractivity contribution in [2.75, 3.05) is 19.8 Å². The summed E-state index contributed by atoms with van der Waals surface area (Å²) in [6.07, 6.45) is 3.63. The van der Waals surface area contributed by atoms with Gasteiger partial charge in [-0.15, -0.1) is 0 Å². The van der Waals surface area contributed by atoms with Gasteiger partial charge >= 0.3 is 5.97 Å². The van der Waals surface area contributed by atoms with E-state index in [1.54, 1.807) is 0 Å². The number of esters is 1. The Kier molecular flexibility index (Phi) is 7.85. The third-order valence-corrected chi connectivity index (χ3v) is 9.86. The van der Waals surface area contributed by atoms with Crippen LogP contribution in [0.5, 0.6) is 5.75 Å². The van der Waals surface area contributed by atoms with Crippen molar-refractivity contribution in [3.8, 4) is 16.9 Å². The van der Waals surface area contributed by atoms with E-state index in [4.69, 9.17) is 30.9 Å². The molecule has 7 nitrogen and oxygen atoms in total. The number of halogens is 1. The first-order valence-electron chi connectivity index (χ1n) is 15.7. The number of aryl methyl sites for hydroxylation is 2. The second-order valence-electron chi connectivity index (χ2n) is 12.0. The Bertz CT molecular complexity index is 1870. The molecule has 7 rings (SSSR count). The van der Waals surface area contributed by atoms with Gasteiger partial charge in [0, 0.05) is 41.2 Å². The number of carbonyl (C=O) groups excluding carboxylic acids is 1. The number of hydrogen-bond donors (Lipinski definition) is 0. The van der Waals surface area contributed by atoms with E-state index in [-0.39, 0.29) is 5.97 Å². The van der Waals surface area contributed by atoms with Gasteiger partial charge in [0.05, 0.1) is 42.7 Å². The molecule has 0 bridgehead atoms. The van der Waals surface area contributed by atoms with Crippen LogP contribution in [-0.2, 0) is 36.1 Å². The second kappa shape index (κ2) is 11.9. The summed E-state index contributed by atoms with van der Waals surface area (Å²) in [5.41, 5.74) is 6.38. The number of rotatable bonds is 7. The number of aromatic nitrogens is 3. The van der Waals surface area contributed by atoms with E-state index in [2.05, 4.69) is 35.8 Å². The van der Waals surface area contributed by atoms with Gasteiger partial charge in [0.1, 0.15) is 11.4 Å². The van der Waals surface area contributed by atoms with Crippen molar-refractivity contribution in [1.82, 2.24) is 14.3 Å². The van der Waals surface area contributed by atoms with Gasteiger partial charge in [-0.05, 0) is 74.4 Å². The number of ether oxygens (including phenoxy) is 3. The van der Waals surface area contributed by atoms with Crippen LogP contribution < -0.4 is 4.74 Å². The molecule has 1 fully saturated rings. The van der Waals surface area contributed by atoms with Gasteiger partial charge in [0.2, 0.25) is 0 Å². The maximum absolute atomic E-state index is 13.8. The van der Waals surface area contributed by atoms with Crippen LogP contribution in [0.15, 0.2) is 54.6 Å². The monoisotopic (exact) mass is 611 g/mol. The van der Waals surface area contributed by atoms with E-state index in [1.807, 2.05) is 49.0 Å². The summed E-state index contributed by atoms with van der Waals surface area (Å²) >= 11 is 7.08. The van der Waals surface area contributed by atoms with Crippen LogP contribution in [0.1, 0.15) is 53.6 Å².